The average molecular weight is 437 g/mol. The van der Waals surface area contributed by atoms with Crippen LogP contribution >= 0.6 is 11.3 Å². The van der Waals surface area contributed by atoms with E-state index >= 15 is 0 Å². The smallest absolute Gasteiger partial charge is 0.223 e. The molecule has 0 unspecified atom stereocenters. The van der Waals surface area contributed by atoms with Crippen molar-refractivity contribution < 1.29 is 14.3 Å². The minimum atomic E-state index is -0.158. The molecule has 0 N–H and O–H groups in total. The van der Waals surface area contributed by atoms with Crippen molar-refractivity contribution in [2.75, 3.05) is 13.1 Å². The lowest BCUT2D eigenvalue weighted by Gasteiger charge is -2.32. The van der Waals surface area contributed by atoms with Crippen molar-refractivity contribution in [3.63, 3.8) is 0 Å². The number of nitrogens with zero attached hydrogens (tertiary/aromatic N) is 2. The quantitative estimate of drug-likeness (QED) is 0.481. The van der Waals surface area contributed by atoms with Gasteiger partial charge < -0.3 is 9.64 Å². The molecule has 1 amide bonds. The number of carbonyl (C=O) groups is 2. The summed E-state index contributed by atoms with van der Waals surface area (Å²) in [6.07, 6.45) is 2.80. The average Bonchev–Trinajstić information content (AvgIpc) is 3.20. The molecule has 1 aliphatic heterocycles. The third-order valence-corrected chi connectivity index (χ3v) is 6.62. The van der Waals surface area contributed by atoms with Crippen LogP contribution < -0.4 is 4.74 Å². The molecule has 4 rings (SSSR count). The number of hydrogen-bond donors (Lipinski definition) is 0. The van der Waals surface area contributed by atoms with E-state index in [9.17, 15) is 9.59 Å². The lowest BCUT2D eigenvalue weighted by molar-refractivity contribution is -0.132. The number of thiazole rings is 1. The van der Waals surface area contributed by atoms with Gasteiger partial charge in [-0.2, -0.15) is 0 Å². The highest BCUT2D eigenvalue weighted by molar-refractivity contribution is 7.18. The van der Waals surface area contributed by atoms with Crippen molar-refractivity contribution in [3.8, 4) is 5.75 Å². The van der Waals surface area contributed by atoms with Crippen LogP contribution in [0.25, 0.3) is 10.2 Å². The molecule has 0 aliphatic carbocycles. The number of ketones is 1. The fourth-order valence-electron chi connectivity index (χ4n) is 4.05. The molecule has 6 heteroatoms. The lowest BCUT2D eigenvalue weighted by atomic mass is 9.89. The molecule has 0 spiro atoms. The Morgan fingerprint density at radius 2 is 2.03 bits per heavy atom. The Balaban J connectivity index is 1.36. The maximum Gasteiger partial charge on any atom is 0.223 e. The van der Waals surface area contributed by atoms with Gasteiger partial charge in [-0.25, -0.2) is 4.98 Å². The zero-order chi connectivity index (χ0) is 21.8. The Hall–Kier alpha value is -2.73. The Kier molecular flexibility index (Phi) is 6.66. The van der Waals surface area contributed by atoms with Crippen LogP contribution in [-0.4, -0.2) is 40.8 Å². The van der Waals surface area contributed by atoms with Crippen LogP contribution in [0.4, 0.5) is 0 Å². The molecule has 5 nitrogen and oxygen atoms in total. The predicted octanol–water partition coefficient (Wildman–Crippen LogP) is 5.14. The molecule has 1 aliphatic rings. The number of hydrogen-bond acceptors (Lipinski definition) is 5. The first-order chi connectivity index (χ1) is 15.0. The third-order valence-electron chi connectivity index (χ3n) is 5.53. The van der Waals surface area contributed by atoms with Gasteiger partial charge in [0.05, 0.1) is 21.3 Å². The number of fused-ring (bicyclic) bond motifs is 1. The van der Waals surface area contributed by atoms with Crippen molar-refractivity contribution in [1.82, 2.24) is 9.88 Å². The van der Waals surface area contributed by atoms with E-state index in [0.29, 0.717) is 30.7 Å². The molecule has 162 valence electrons. The van der Waals surface area contributed by atoms with Gasteiger partial charge in [-0.3, -0.25) is 9.59 Å². The summed E-state index contributed by atoms with van der Waals surface area (Å²) in [5.41, 5.74) is 1.65. The van der Waals surface area contributed by atoms with Crippen molar-refractivity contribution in [3.05, 3.63) is 59.1 Å². The standard InChI is InChI=1S/C25H28N2O3S/c1-17(2)30-20-9-5-7-18(15-20)25(29)19-8-6-14-27(16-19)24(28)13-12-23-26-21-10-3-4-11-22(21)31-23/h3-5,7,9-11,15,17,19H,6,8,12-14,16H2,1-2H3/t19-/m1/s1. The van der Waals surface area contributed by atoms with Crippen LogP contribution in [0.5, 0.6) is 5.75 Å². The van der Waals surface area contributed by atoms with E-state index in [1.165, 1.54) is 0 Å². The van der Waals surface area contributed by atoms with Gasteiger partial charge in [0, 0.05) is 37.4 Å². The van der Waals surface area contributed by atoms with Gasteiger partial charge in [0.15, 0.2) is 5.78 Å². The second-order valence-corrected chi connectivity index (χ2v) is 9.43. The number of carbonyl (C=O) groups excluding carboxylic acids is 2. The number of piperidine rings is 1. The van der Waals surface area contributed by atoms with E-state index < -0.39 is 0 Å². The summed E-state index contributed by atoms with van der Waals surface area (Å²) < 4.78 is 6.88. The summed E-state index contributed by atoms with van der Waals surface area (Å²) >= 11 is 1.65. The van der Waals surface area contributed by atoms with Gasteiger partial charge in [0.2, 0.25) is 5.91 Å². The van der Waals surface area contributed by atoms with E-state index in [1.54, 1.807) is 11.3 Å². The van der Waals surface area contributed by atoms with Gasteiger partial charge in [0.1, 0.15) is 5.75 Å². The Labute approximate surface area is 187 Å². The highest BCUT2D eigenvalue weighted by Gasteiger charge is 2.29. The topological polar surface area (TPSA) is 59.5 Å². The van der Waals surface area contributed by atoms with Crippen LogP contribution in [-0.2, 0) is 11.2 Å². The van der Waals surface area contributed by atoms with Gasteiger partial charge in [-0.15, -0.1) is 11.3 Å². The number of likely N-dealkylation sites (tertiary alicyclic amines) is 1. The summed E-state index contributed by atoms with van der Waals surface area (Å²) in [5, 5.41) is 0.987. The van der Waals surface area contributed by atoms with E-state index in [2.05, 4.69) is 11.1 Å². The van der Waals surface area contributed by atoms with Crippen molar-refractivity contribution >= 4 is 33.2 Å². The van der Waals surface area contributed by atoms with Gasteiger partial charge in [-0.05, 0) is 51.0 Å². The number of aryl methyl sites for hydroxylation is 1. The molecular weight excluding hydrogens is 408 g/mol. The summed E-state index contributed by atoms with van der Waals surface area (Å²) in [6.45, 7) is 5.15. The number of aromatic nitrogens is 1. The molecule has 1 atom stereocenters. The SMILES string of the molecule is CC(C)Oc1cccc(C(=O)[C@@H]2CCCN(C(=O)CCc3nc4ccccc4s3)C2)c1. The van der Waals surface area contributed by atoms with Crippen molar-refractivity contribution in [1.29, 1.82) is 0 Å². The Morgan fingerprint density at radius 3 is 2.84 bits per heavy atom. The molecule has 0 bridgehead atoms. The second kappa shape index (κ2) is 9.60. The number of ether oxygens (including phenoxy) is 1. The fourth-order valence-corrected chi connectivity index (χ4v) is 5.01. The highest BCUT2D eigenvalue weighted by Crippen LogP contribution is 2.25. The monoisotopic (exact) mass is 436 g/mol. The first kappa shape index (κ1) is 21.5. The molecule has 3 aromatic rings. The molecule has 2 heterocycles. The van der Waals surface area contributed by atoms with Crippen LogP contribution in [0.3, 0.4) is 0 Å². The van der Waals surface area contributed by atoms with Crippen molar-refractivity contribution in [2.45, 2.75) is 45.6 Å². The Bertz CT molecular complexity index is 1040. The molecule has 1 aromatic heterocycles. The first-order valence-corrected chi connectivity index (χ1v) is 11.7. The summed E-state index contributed by atoms with van der Waals surface area (Å²) in [5.74, 6) is 0.751. The van der Waals surface area contributed by atoms with Gasteiger partial charge in [0.25, 0.3) is 0 Å². The van der Waals surface area contributed by atoms with Gasteiger partial charge >= 0.3 is 0 Å². The number of benzene rings is 2. The Morgan fingerprint density at radius 1 is 1.19 bits per heavy atom. The van der Waals surface area contributed by atoms with Crippen molar-refractivity contribution in [2.24, 2.45) is 5.92 Å². The number of amides is 1. The maximum absolute atomic E-state index is 13.1. The number of para-hydroxylation sites is 1. The van der Waals surface area contributed by atoms with Crippen LogP contribution in [0, 0.1) is 5.92 Å². The van der Waals surface area contributed by atoms with E-state index in [-0.39, 0.29) is 23.7 Å². The summed E-state index contributed by atoms with van der Waals surface area (Å²) in [7, 11) is 0. The second-order valence-electron chi connectivity index (χ2n) is 8.31. The summed E-state index contributed by atoms with van der Waals surface area (Å²) in [6, 6.07) is 15.4. The zero-order valence-corrected chi connectivity index (χ0v) is 18.9. The third kappa shape index (κ3) is 5.31. The van der Waals surface area contributed by atoms with E-state index in [4.69, 9.17) is 4.74 Å². The molecule has 31 heavy (non-hydrogen) atoms. The zero-order valence-electron chi connectivity index (χ0n) is 18.0. The number of Topliss-reactive ketones (excluding diaryl/α,β-unsaturated/α-hetero) is 1. The van der Waals surface area contributed by atoms with Crippen LogP contribution in [0.1, 0.15) is 48.5 Å². The molecule has 2 aromatic carbocycles. The van der Waals surface area contributed by atoms with Crippen LogP contribution in [0.15, 0.2) is 48.5 Å². The number of rotatable bonds is 7. The fraction of sp³-hybridized carbons (Fsp3) is 0.400. The van der Waals surface area contributed by atoms with E-state index in [0.717, 1.165) is 34.6 Å². The minimum Gasteiger partial charge on any atom is -0.491 e. The lowest BCUT2D eigenvalue weighted by Crippen LogP contribution is -2.42. The van der Waals surface area contributed by atoms with Crippen LogP contribution in [0.2, 0.25) is 0 Å². The first-order valence-electron chi connectivity index (χ1n) is 10.9. The van der Waals surface area contributed by atoms with Gasteiger partial charge in [-0.1, -0.05) is 24.3 Å². The molecule has 0 saturated carbocycles. The molecule has 1 fully saturated rings. The molecular formula is C25H28N2O3S. The summed E-state index contributed by atoms with van der Waals surface area (Å²) in [4.78, 5) is 32.4. The van der Waals surface area contributed by atoms with E-state index in [1.807, 2.05) is 61.2 Å². The molecule has 1 saturated heterocycles. The molecule has 0 radical (unpaired) electrons. The maximum atomic E-state index is 13.1. The minimum absolute atomic E-state index is 0.0589. The predicted molar refractivity (Wildman–Crippen MR) is 124 cm³/mol. The highest BCUT2D eigenvalue weighted by atomic mass is 32.1. The largest absolute Gasteiger partial charge is 0.491 e. The normalized spacial score (nSPS) is 16.6.